The number of carbonyl (C=O) groups excluding carboxylic acids is 2. The highest BCUT2D eigenvalue weighted by Crippen LogP contribution is 2.33. The van der Waals surface area contributed by atoms with E-state index in [1.165, 1.54) is 6.92 Å². The van der Waals surface area contributed by atoms with Crippen LogP contribution in [-0.2, 0) is 11.2 Å². The van der Waals surface area contributed by atoms with Crippen molar-refractivity contribution in [2.45, 2.75) is 46.0 Å². The standard InChI is InChI=1S/C16H23NO5/c1-3-6-13-14(9-8-12(11(2)18)16(13)20)22-10-5-4-7-15(19)17-21/h8-9,20-21H,3-7,10H2,1-2H3,(H,17,19). The van der Waals surface area contributed by atoms with E-state index in [1.807, 2.05) is 6.92 Å². The molecule has 0 aromatic heterocycles. The van der Waals surface area contributed by atoms with Crippen molar-refractivity contribution in [1.29, 1.82) is 0 Å². The maximum atomic E-state index is 11.5. The third-order valence-corrected chi connectivity index (χ3v) is 3.30. The molecule has 6 nitrogen and oxygen atoms in total. The van der Waals surface area contributed by atoms with Crippen molar-refractivity contribution in [2.24, 2.45) is 0 Å². The molecule has 0 heterocycles. The number of hydrogen-bond acceptors (Lipinski definition) is 5. The fourth-order valence-electron chi connectivity index (χ4n) is 2.15. The van der Waals surface area contributed by atoms with Gasteiger partial charge in [0.25, 0.3) is 0 Å². The summed E-state index contributed by atoms with van der Waals surface area (Å²) >= 11 is 0. The van der Waals surface area contributed by atoms with Gasteiger partial charge < -0.3 is 9.84 Å². The Morgan fingerprint density at radius 2 is 2.00 bits per heavy atom. The van der Waals surface area contributed by atoms with Crippen molar-refractivity contribution < 1.29 is 24.6 Å². The molecule has 0 aliphatic heterocycles. The van der Waals surface area contributed by atoms with Crippen LogP contribution in [0.15, 0.2) is 12.1 Å². The topological polar surface area (TPSA) is 95.9 Å². The lowest BCUT2D eigenvalue weighted by molar-refractivity contribution is -0.129. The summed E-state index contributed by atoms with van der Waals surface area (Å²) in [7, 11) is 0. The number of phenols is 1. The summed E-state index contributed by atoms with van der Waals surface area (Å²) in [6.07, 6.45) is 2.91. The van der Waals surface area contributed by atoms with Crippen LogP contribution in [-0.4, -0.2) is 28.6 Å². The van der Waals surface area contributed by atoms with E-state index in [9.17, 15) is 14.7 Å². The lowest BCUT2D eigenvalue weighted by atomic mass is 10.0. The van der Waals surface area contributed by atoms with Gasteiger partial charge in [-0.05, 0) is 38.3 Å². The molecule has 0 saturated carbocycles. The van der Waals surface area contributed by atoms with Crippen molar-refractivity contribution in [3.63, 3.8) is 0 Å². The molecule has 0 aliphatic rings. The fourth-order valence-corrected chi connectivity index (χ4v) is 2.15. The molecule has 22 heavy (non-hydrogen) atoms. The molecular weight excluding hydrogens is 286 g/mol. The first-order valence-electron chi connectivity index (χ1n) is 7.42. The molecule has 0 bridgehead atoms. The molecule has 1 aromatic carbocycles. The van der Waals surface area contributed by atoms with Crippen molar-refractivity contribution >= 4 is 11.7 Å². The van der Waals surface area contributed by atoms with E-state index in [1.54, 1.807) is 17.6 Å². The smallest absolute Gasteiger partial charge is 0.243 e. The van der Waals surface area contributed by atoms with E-state index in [2.05, 4.69) is 0 Å². The van der Waals surface area contributed by atoms with E-state index in [0.717, 1.165) is 6.42 Å². The first-order chi connectivity index (χ1) is 10.5. The minimum atomic E-state index is -0.421. The van der Waals surface area contributed by atoms with Crippen molar-refractivity contribution in [3.05, 3.63) is 23.3 Å². The zero-order chi connectivity index (χ0) is 16.5. The summed E-state index contributed by atoms with van der Waals surface area (Å²) in [5.74, 6) is -0.0472. The zero-order valence-corrected chi connectivity index (χ0v) is 13.0. The molecule has 1 rings (SSSR count). The lowest BCUT2D eigenvalue weighted by Gasteiger charge is -2.14. The van der Waals surface area contributed by atoms with Gasteiger partial charge in [-0.2, -0.15) is 0 Å². The van der Waals surface area contributed by atoms with E-state index < -0.39 is 5.91 Å². The third kappa shape index (κ3) is 5.04. The molecular formula is C16H23NO5. The summed E-state index contributed by atoms with van der Waals surface area (Å²) < 4.78 is 5.66. The van der Waals surface area contributed by atoms with Crippen molar-refractivity contribution in [3.8, 4) is 11.5 Å². The molecule has 0 fully saturated rings. The number of carbonyl (C=O) groups is 2. The second-order valence-electron chi connectivity index (χ2n) is 5.09. The second kappa shape index (κ2) is 9.04. The van der Waals surface area contributed by atoms with E-state index in [-0.39, 0.29) is 18.0 Å². The normalized spacial score (nSPS) is 10.3. The van der Waals surface area contributed by atoms with Crippen LogP contribution < -0.4 is 10.2 Å². The predicted octanol–water partition coefficient (Wildman–Crippen LogP) is 2.60. The van der Waals surface area contributed by atoms with Crippen LogP contribution in [0.25, 0.3) is 0 Å². The fraction of sp³-hybridized carbons (Fsp3) is 0.500. The summed E-state index contributed by atoms with van der Waals surface area (Å²) in [5, 5.41) is 18.6. The number of rotatable bonds is 9. The predicted molar refractivity (Wildman–Crippen MR) is 81.4 cm³/mol. The molecule has 122 valence electrons. The van der Waals surface area contributed by atoms with Gasteiger partial charge >= 0.3 is 0 Å². The van der Waals surface area contributed by atoms with E-state index in [0.29, 0.717) is 42.7 Å². The van der Waals surface area contributed by atoms with Gasteiger partial charge in [0.2, 0.25) is 5.91 Å². The van der Waals surface area contributed by atoms with Crippen LogP contribution in [0.4, 0.5) is 0 Å². The number of amides is 1. The SMILES string of the molecule is CCCc1c(OCCCCC(=O)NO)ccc(C(C)=O)c1O. The molecule has 0 spiro atoms. The first kappa shape index (κ1) is 18.0. The van der Waals surface area contributed by atoms with E-state index in [4.69, 9.17) is 9.94 Å². The average molecular weight is 309 g/mol. The maximum absolute atomic E-state index is 11.5. The summed E-state index contributed by atoms with van der Waals surface area (Å²) in [6, 6.07) is 3.26. The highest BCUT2D eigenvalue weighted by atomic mass is 16.5. The molecule has 0 unspecified atom stereocenters. The second-order valence-corrected chi connectivity index (χ2v) is 5.09. The number of ether oxygens (including phenoxy) is 1. The highest BCUT2D eigenvalue weighted by molar-refractivity contribution is 5.97. The minimum absolute atomic E-state index is 0.00786. The quantitative estimate of drug-likeness (QED) is 0.282. The van der Waals surface area contributed by atoms with Crippen LogP contribution in [0.1, 0.15) is 55.5 Å². The number of Topliss-reactive ketones (excluding diaryl/α,β-unsaturated/α-hetero) is 1. The summed E-state index contributed by atoms with van der Waals surface area (Å²) in [6.45, 7) is 3.79. The summed E-state index contributed by atoms with van der Waals surface area (Å²) in [4.78, 5) is 22.3. The molecule has 0 radical (unpaired) electrons. The molecule has 0 saturated heterocycles. The number of aromatic hydroxyl groups is 1. The maximum Gasteiger partial charge on any atom is 0.243 e. The van der Waals surface area contributed by atoms with Crippen LogP contribution in [0.5, 0.6) is 11.5 Å². The first-order valence-corrected chi connectivity index (χ1v) is 7.42. The number of phenolic OH excluding ortho intramolecular Hbond substituents is 1. The minimum Gasteiger partial charge on any atom is -0.507 e. The van der Waals surface area contributed by atoms with Crippen LogP contribution in [0.2, 0.25) is 0 Å². The molecule has 3 N–H and O–H groups in total. The van der Waals surface area contributed by atoms with Gasteiger partial charge in [-0.15, -0.1) is 0 Å². The molecule has 1 amide bonds. The van der Waals surface area contributed by atoms with Gasteiger partial charge in [0.1, 0.15) is 11.5 Å². The molecule has 0 atom stereocenters. The number of nitrogens with one attached hydrogen (secondary N) is 1. The number of ketones is 1. The molecule has 1 aromatic rings. The van der Waals surface area contributed by atoms with Gasteiger partial charge in [0, 0.05) is 12.0 Å². The number of unbranched alkanes of at least 4 members (excludes halogenated alkanes) is 1. The highest BCUT2D eigenvalue weighted by Gasteiger charge is 2.15. The Bertz CT molecular complexity index is 528. The van der Waals surface area contributed by atoms with Crippen molar-refractivity contribution in [2.75, 3.05) is 6.61 Å². The van der Waals surface area contributed by atoms with Crippen molar-refractivity contribution in [1.82, 2.24) is 5.48 Å². The Morgan fingerprint density at radius 3 is 2.59 bits per heavy atom. The summed E-state index contributed by atoms with van der Waals surface area (Å²) in [5.41, 5.74) is 2.52. The van der Waals surface area contributed by atoms with Gasteiger partial charge in [0.15, 0.2) is 5.78 Å². The third-order valence-electron chi connectivity index (χ3n) is 3.30. The van der Waals surface area contributed by atoms with Gasteiger partial charge in [-0.25, -0.2) is 5.48 Å². The Hall–Kier alpha value is -2.08. The van der Waals surface area contributed by atoms with Gasteiger partial charge in [-0.3, -0.25) is 14.8 Å². The largest absolute Gasteiger partial charge is 0.507 e. The number of hydrogen-bond donors (Lipinski definition) is 3. The van der Waals surface area contributed by atoms with Gasteiger partial charge in [-0.1, -0.05) is 13.3 Å². The number of hydroxylamine groups is 1. The zero-order valence-electron chi connectivity index (χ0n) is 13.0. The monoisotopic (exact) mass is 309 g/mol. The van der Waals surface area contributed by atoms with Crippen LogP contribution in [0, 0.1) is 0 Å². The Morgan fingerprint density at radius 1 is 1.27 bits per heavy atom. The van der Waals surface area contributed by atoms with Gasteiger partial charge in [0.05, 0.1) is 12.2 Å². The Kier molecular flexibility index (Phi) is 7.39. The Balaban J connectivity index is 2.68. The average Bonchev–Trinajstić information content (AvgIpc) is 2.49. The van der Waals surface area contributed by atoms with Crippen LogP contribution >= 0.6 is 0 Å². The molecule has 0 aliphatic carbocycles. The number of benzene rings is 1. The van der Waals surface area contributed by atoms with Crippen LogP contribution in [0.3, 0.4) is 0 Å². The lowest BCUT2D eigenvalue weighted by Crippen LogP contribution is -2.18. The van der Waals surface area contributed by atoms with E-state index >= 15 is 0 Å². The molecule has 6 heteroatoms. The Labute approximate surface area is 130 Å².